The second kappa shape index (κ2) is 7.70. The van der Waals surface area contributed by atoms with Gasteiger partial charge in [0.25, 0.3) is 0 Å². The quantitative estimate of drug-likeness (QED) is 0.457. The molecule has 1 unspecified atom stereocenters. The number of rotatable bonds is 5. The van der Waals surface area contributed by atoms with Gasteiger partial charge >= 0.3 is 0 Å². The lowest BCUT2D eigenvalue weighted by Gasteiger charge is -2.26. The molecule has 7 nitrogen and oxygen atoms in total. The average Bonchev–Trinajstić information content (AvgIpc) is 3.32. The summed E-state index contributed by atoms with van der Waals surface area (Å²) in [6.45, 7) is 6.21. The summed E-state index contributed by atoms with van der Waals surface area (Å²) in [4.78, 5) is 0.587. The Kier molecular flexibility index (Phi) is 5.21. The van der Waals surface area contributed by atoms with Crippen LogP contribution < -0.4 is 20.7 Å². The van der Waals surface area contributed by atoms with Gasteiger partial charge in [-0.3, -0.25) is 10.4 Å². The molecule has 2 aromatic carbocycles. The first-order valence-electron chi connectivity index (χ1n) is 9.94. The number of ether oxygens (including phenoxy) is 1. The first-order chi connectivity index (χ1) is 14.4. The number of phenols is 2. The molecule has 4 rings (SSSR count). The number of thiocarbonyl (C=S) groups is 1. The number of phenolic OH excluding ortho intramolecular Hbond substituents is 2. The minimum absolute atomic E-state index is 0.0294. The largest absolute Gasteiger partial charge is 0.508 e. The highest BCUT2D eigenvalue weighted by Gasteiger charge is 2.35. The number of aromatic hydroxyl groups is 2. The summed E-state index contributed by atoms with van der Waals surface area (Å²) >= 11 is 5.63. The molecule has 1 saturated heterocycles. The second-order valence-corrected chi connectivity index (χ2v) is 8.07. The maximum Gasteiger partial charge on any atom is 0.144 e. The molecule has 1 fully saturated rings. The molecule has 1 aliphatic heterocycles. The van der Waals surface area contributed by atoms with Gasteiger partial charge in [0, 0.05) is 23.7 Å². The maximum absolute atomic E-state index is 10.6. The molecule has 1 atom stereocenters. The highest BCUT2D eigenvalue weighted by atomic mass is 32.1. The van der Waals surface area contributed by atoms with Gasteiger partial charge < -0.3 is 19.5 Å². The van der Waals surface area contributed by atoms with Crippen LogP contribution in [0.3, 0.4) is 0 Å². The Balaban J connectivity index is 1.89. The SMILES string of the molecule is CCc1cc(N2NNC(=S)C2c2ccc(OC)c3c2ccn3C(C)C)c(O)cc1O. The van der Waals surface area contributed by atoms with E-state index in [9.17, 15) is 10.2 Å². The van der Waals surface area contributed by atoms with Gasteiger partial charge in [-0.1, -0.05) is 25.2 Å². The molecular weight excluding hydrogens is 400 g/mol. The van der Waals surface area contributed by atoms with Crippen LogP contribution in [0.25, 0.3) is 10.9 Å². The highest BCUT2D eigenvalue weighted by molar-refractivity contribution is 7.80. The Hall–Kier alpha value is -2.97. The Labute approximate surface area is 180 Å². The smallest absolute Gasteiger partial charge is 0.144 e. The van der Waals surface area contributed by atoms with Crippen molar-refractivity contribution in [3.05, 3.63) is 47.7 Å². The fourth-order valence-corrected chi connectivity index (χ4v) is 4.32. The van der Waals surface area contributed by atoms with Gasteiger partial charge in [-0.05, 0) is 49.6 Å². The number of fused-ring (bicyclic) bond motifs is 1. The standard InChI is InChI=1S/C22H26N4O3S/c1-5-13-10-16(18(28)11-17(13)27)26-21(22(30)23-24-26)14-6-7-19(29-4)20-15(14)8-9-25(20)12(2)3/h6-12,21,24,27-28H,5H2,1-4H3,(H,23,30). The summed E-state index contributed by atoms with van der Waals surface area (Å²) in [7, 11) is 1.67. The van der Waals surface area contributed by atoms with Crippen LogP contribution in [0.4, 0.5) is 5.69 Å². The third-order valence-corrected chi connectivity index (χ3v) is 5.89. The van der Waals surface area contributed by atoms with Crippen LogP contribution in [0.15, 0.2) is 36.5 Å². The minimum Gasteiger partial charge on any atom is -0.508 e. The zero-order chi connectivity index (χ0) is 21.6. The monoisotopic (exact) mass is 426 g/mol. The van der Waals surface area contributed by atoms with E-state index < -0.39 is 0 Å². The lowest BCUT2D eigenvalue weighted by molar-refractivity contribution is 0.416. The molecule has 158 valence electrons. The van der Waals surface area contributed by atoms with E-state index >= 15 is 0 Å². The van der Waals surface area contributed by atoms with Gasteiger partial charge in [0.15, 0.2) is 0 Å². The van der Waals surface area contributed by atoms with Gasteiger partial charge in [-0.15, -0.1) is 5.53 Å². The van der Waals surface area contributed by atoms with E-state index in [-0.39, 0.29) is 23.6 Å². The first-order valence-corrected chi connectivity index (χ1v) is 10.3. The minimum atomic E-state index is -0.350. The van der Waals surface area contributed by atoms with E-state index in [1.54, 1.807) is 18.2 Å². The summed E-state index contributed by atoms with van der Waals surface area (Å²) < 4.78 is 7.80. The molecule has 2 heterocycles. The van der Waals surface area contributed by atoms with Gasteiger partial charge in [-0.25, -0.2) is 0 Å². The van der Waals surface area contributed by atoms with Crippen molar-refractivity contribution >= 4 is 33.8 Å². The summed E-state index contributed by atoms with van der Waals surface area (Å²) in [5.41, 5.74) is 9.35. The number of benzene rings is 2. The van der Waals surface area contributed by atoms with Crippen LogP contribution in [0.2, 0.25) is 0 Å². The van der Waals surface area contributed by atoms with Gasteiger partial charge in [0.05, 0.1) is 18.3 Å². The zero-order valence-electron chi connectivity index (χ0n) is 17.4. The number of nitrogens with zero attached hydrogens (tertiary/aromatic N) is 2. The van der Waals surface area contributed by atoms with Crippen molar-refractivity contribution < 1.29 is 14.9 Å². The fraction of sp³-hybridized carbons (Fsp3) is 0.318. The molecule has 0 aliphatic carbocycles. The summed E-state index contributed by atoms with van der Waals surface area (Å²) in [5.74, 6) is 0.841. The molecule has 0 amide bonds. The number of nitrogens with one attached hydrogen (secondary N) is 2. The van der Waals surface area contributed by atoms with Gasteiger partial charge in [0.2, 0.25) is 0 Å². The number of hydrazine groups is 2. The molecule has 1 aliphatic rings. The van der Waals surface area contributed by atoms with Crippen molar-refractivity contribution in [2.75, 3.05) is 12.1 Å². The number of hydrogen-bond donors (Lipinski definition) is 4. The van der Waals surface area contributed by atoms with Crippen LogP contribution in [-0.4, -0.2) is 26.9 Å². The number of hydrogen-bond acceptors (Lipinski definition) is 6. The Morgan fingerprint density at radius 1 is 1.17 bits per heavy atom. The lowest BCUT2D eigenvalue weighted by atomic mass is 10.0. The second-order valence-electron chi connectivity index (χ2n) is 7.63. The molecule has 0 spiro atoms. The van der Waals surface area contributed by atoms with E-state index in [0.717, 1.165) is 27.8 Å². The molecule has 0 bridgehead atoms. The van der Waals surface area contributed by atoms with E-state index in [0.29, 0.717) is 17.1 Å². The molecular formula is C22H26N4O3S. The number of aromatic nitrogens is 1. The van der Waals surface area contributed by atoms with E-state index in [2.05, 4.69) is 41.6 Å². The van der Waals surface area contributed by atoms with Crippen LogP contribution >= 0.6 is 12.2 Å². The van der Waals surface area contributed by atoms with Crippen LogP contribution in [0.5, 0.6) is 17.2 Å². The molecule has 3 aromatic rings. The van der Waals surface area contributed by atoms with Gasteiger partial charge in [0.1, 0.15) is 28.3 Å². The van der Waals surface area contributed by atoms with Crippen LogP contribution in [-0.2, 0) is 6.42 Å². The third-order valence-electron chi connectivity index (χ3n) is 5.57. The van der Waals surface area contributed by atoms with E-state index in [1.165, 1.54) is 6.07 Å². The van der Waals surface area contributed by atoms with Crippen molar-refractivity contribution in [2.45, 2.75) is 39.3 Å². The first kappa shape index (κ1) is 20.3. The molecule has 0 saturated carbocycles. The van der Waals surface area contributed by atoms with Crippen molar-refractivity contribution in [3.63, 3.8) is 0 Å². The fourth-order valence-electron chi connectivity index (χ4n) is 4.04. The number of methoxy groups -OCH3 is 1. The number of anilines is 1. The van der Waals surface area contributed by atoms with Crippen molar-refractivity contribution in [1.29, 1.82) is 0 Å². The number of aryl methyl sites for hydroxylation is 1. The van der Waals surface area contributed by atoms with E-state index in [1.807, 2.05) is 19.1 Å². The summed E-state index contributed by atoms with van der Waals surface area (Å²) in [6.07, 6.45) is 2.69. The Bertz CT molecular complexity index is 1130. The zero-order valence-corrected chi connectivity index (χ0v) is 18.2. The van der Waals surface area contributed by atoms with Crippen molar-refractivity contribution in [3.8, 4) is 17.2 Å². The molecule has 0 radical (unpaired) electrons. The summed E-state index contributed by atoms with van der Waals surface area (Å²) in [6, 6.07) is 9.08. The van der Waals surface area contributed by atoms with Crippen molar-refractivity contribution in [2.24, 2.45) is 0 Å². The average molecular weight is 427 g/mol. The molecule has 30 heavy (non-hydrogen) atoms. The summed E-state index contributed by atoms with van der Waals surface area (Å²) in [5, 5.41) is 23.5. The van der Waals surface area contributed by atoms with Crippen LogP contribution in [0, 0.1) is 0 Å². The Morgan fingerprint density at radius 2 is 1.93 bits per heavy atom. The third kappa shape index (κ3) is 3.12. The predicted molar refractivity (Wildman–Crippen MR) is 122 cm³/mol. The van der Waals surface area contributed by atoms with Crippen LogP contribution in [0.1, 0.15) is 44.0 Å². The van der Waals surface area contributed by atoms with E-state index in [4.69, 9.17) is 17.0 Å². The Morgan fingerprint density at radius 3 is 2.60 bits per heavy atom. The van der Waals surface area contributed by atoms with Crippen molar-refractivity contribution in [1.82, 2.24) is 15.5 Å². The highest BCUT2D eigenvalue weighted by Crippen LogP contribution is 2.42. The molecule has 4 N–H and O–H groups in total. The topological polar surface area (TPSA) is 81.9 Å². The maximum atomic E-state index is 10.6. The molecule has 8 heteroatoms. The van der Waals surface area contributed by atoms with Gasteiger partial charge in [-0.2, -0.15) is 0 Å². The predicted octanol–water partition coefficient (Wildman–Crippen LogP) is 4.10. The molecule has 1 aromatic heterocycles. The normalized spacial score (nSPS) is 16.5. The lowest BCUT2D eigenvalue weighted by Crippen LogP contribution is -2.37.